The molecule has 4 heteroatoms. The van der Waals surface area contributed by atoms with Gasteiger partial charge < -0.3 is 15.2 Å². The molecular formula is C14H21NO3. The molecule has 0 aliphatic carbocycles. The fourth-order valence-corrected chi connectivity index (χ4v) is 1.71. The lowest BCUT2D eigenvalue weighted by Crippen LogP contribution is -2.40. The van der Waals surface area contributed by atoms with Crippen LogP contribution < -0.4 is 10.1 Å². The summed E-state index contributed by atoms with van der Waals surface area (Å²) in [6.07, 6.45) is 0. The minimum Gasteiger partial charge on any atom is -0.494 e. The molecule has 1 atom stereocenters. The number of ether oxygens (including phenoxy) is 1. The smallest absolute Gasteiger partial charge is 0.320 e. The van der Waals surface area contributed by atoms with Gasteiger partial charge >= 0.3 is 5.97 Å². The van der Waals surface area contributed by atoms with Gasteiger partial charge in [0.15, 0.2) is 0 Å². The standard InChI is InChI=1S/C14H21NO3/c1-4-18-12-7-5-11(6-8-12)9-15-13(10(2)3)14(16)17/h5-8,10,13,15H,4,9H2,1-3H3,(H,16,17)/t13-/m0/s1. The highest BCUT2D eigenvalue weighted by Gasteiger charge is 2.20. The van der Waals surface area contributed by atoms with E-state index in [2.05, 4.69) is 5.32 Å². The number of carbonyl (C=O) groups is 1. The summed E-state index contributed by atoms with van der Waals surface area (Å²) in [5, 5.41) is 12.1. The van der Waals surface area contributed by atoms with Crippen molar-refractivity contribution in [1.82, 2.24) is 5.32 Å². The van der Waals surface area contributed by atoms with Crippen molar-refractivity contribution in [3.8, 4) is 5.75 Å². The summed E-state index contributed by atoms with van der Waals surface area (Å²) in [5.41, 5.74) is 1.05. The van der Waals surface area contributed by atoms with Crippen LogP contribution in [0.3, 0.4) is 0 Å². The number of rotatable bonds is 7. The lowest BCUT2D eigenvalue weighted by molar-refractivity contribution is -0.140. The minimum atomic E-state index is -0.809. The Bertz CT molecular complexity index is 373. The van der Waals surface area contributed by atoms with E-state index >= 15 is 0 Å². The van der Waals surface area contributed by atoms with Crippen molar-refractivity contribution in [3.63, 3.8) is 0 Å². The topological polar surface area (TPSA) is 58.6 Å². The largest absolute Gasteiger partial charge is 0.494 e. The van der Waals surface area contributed by atoms with Gasteiger partial charge in [-0.3, -0.25) is 4.79 Å². The molecule has 0 bridgehead atoms. The monoisotopic (exact) mass is 251 g/mol. The molecule has 1 aromatic carbocycles. The number of hydrogen-bond acceptors (Lipinski definition) is 3. The first-order valence-electron chi connectivity index (χ1n) is 6.22. The van der Waals surface area contributed by atoms with Crippen LogP contribution in [0.15, 0.2) is 24.3 Å². The van der Waals surface area contributed by atoms with E-state index in [-0.39, 0.29) is 5.92 Å². The zero-order chi connectivity index (χ0) is 13.5. The fraction of sp³-hybridized carbons (Fsp3) is 0.500. The normalized spacial score (nSPS) is 12.4. The molecule has 0 saturated carbocycles. The minimum absolute atomic E-state index is 0.0604. The summed E-state index contributed by atoms with van der Waals surface area (Å²) >= 11 is 0. The molecule has 0 fully saturated rings. The molecule has 0 heterocycles. The van der Waals surface area contributed by atoms with E-state index in [1.165, 1.54) is 0 Å². The Morgan fingerprint density at radius 3 is 2.39 bits per heavy atom. The van der Waals surface area contributed by atoms with Gasteiger partial charge in [-0.2, -0.15) is 0 Å². The van der Waals surface area contributed by atoms with Crippen molar-refractivity contribution in [2.75, 3.05) is 6.61 Å². The number of aliphatic carboxylic acids is 1. The number of nitrogens with one attached hydrogen (secondary N) is 1. The molecule has 100 valence electrons. The summed E-state index contributed by atoms with van der Waals surface area (Å²) in [4.78, 5) is 11.0. The van der Waals surface area contributed by atoms with Gasteiger partial charge in [0, 0.05) is 6.54 Å². The number of carboxylic acid groups (broad SMARTS) is 1. The second-order valence-electron chi connectivity index (χ2n) is 4.52. The third-order valence-electron chi connectivity index (χ3n) is 2.69. The van der Waals surface area contributed by atoms with Crippen molar-refractivity contribution < 1.29 is 14.6 Å². The van der Waals surface area contributed by atoms with E-state index in [0.717, 1.165) is 11.3 Å². The molecule has 0 unspecified atom stereocenters. The molecule has 0 aliphatic heterocycles. The number of benzene rings is 1. The Kier molecular flexibility index (Phi) is 5.65. The Balaban J connectivity index is 2.54. The fourth-order valence-electron chi connectivity index (χ4n) is 1.71. The van der Waals surface area contributed by atoms with E-state index in [1.807, 2.05) is 45.0 Å². The Labute approximate surface area is 108 Å². The van der Waals surface area contributed by atoms with E-state index in [1.54, 1.807) is 0 Å². The van der Waals surface area contributed by atoms with Crippen LogP contribution in [0.4, 0.5) is 0 Å². The van der Waals surface area contributed by atoms with E-state index in [4.69, 9.17) is 9.84 Å². The van der Waals surface area contributed by atoms with Gasteiger partial charge in [-0.05, 0) is 30.5 Å². The maximum absolute atomic E-state index is 11.0. The number of carboxylic acids is 1. The SMILES string of the molecule is CCOc1ccc(CN[C@H](C(=O)O)C(C)C)cc1. The van der Waals surface area contributed by atoms with Crippen molar-refractivity contribution in [2.45, 2.75) is 33.4 Å². The van der Waals surface area contributed by atoms with Crippen molar-refractivity contribution in [2.24, 2.45) is 5.92 Å². The molecule has 1 rings (SSSR count). The third-order valence-corrected chi connectivity index (χ3v) is 2.69. The number of hydrogen-bond donors (Lipinski definition) is 2. The predicted octanol–water partition coefficient (Wildman–Crippen LogP) is 2.28. The summed E-state index contributed by atoms with van der Waals surface area (Å²) in [7, 11) is 0. The molecule has 0 aromatic heterocycles. The first-order chi connectivity index (χ1) is 8.54. The molecule has 1 aromatic rings. The lowest BCUT2D eigenvalue weighted by atomic mass is 10.0. The first-order valence-corrected chi connectivity index (χ1v) is 6.22. The zero-order valence-corrected chi connectivity index (χ0v) is 11.1. The van der Waals surface area contributed by atoms with Gasteiger partial charge in [0.05, 0.1) is 6.61 Å². The van der Waals surface area contributed by atoms with Crippen LogP contribution in [0.1, 0.15) is 26.3 Å². The van der Waals surface area contributed by atoms with Gasteiger partial charge in [0.2, 0.25) is 0 Å². The average molecular weight is 251 g/mol. The van der Waals surface area contributed by atoms with Crippen LogP contribution in [0.25, 0.3) is 0 Å². The molecule has 0 radical (unpaired) electrons. The van der Waals surface area contributed by atoms with Crippen molar-refractivity contribution in [1.29, 1.82) is 0 Å². The van der Waals surface area contributed by atoms with Crippen LogP contribution in [-0.2, 0) is 11.3 Å². The molecule has 0 spiro atoms. The summed E-state index contributed by atoms with van der Waals surface area (Å²) in [6.45, 7) is 6.91. The van der Waals surface area contributed by atoms with Crippen LogP contribution in [0.5, 0.6) is 5.75 Å². The van der Waals surface area contributed by atoms with E-state index in [0.29, 0.717) is 13.2 Å². The quantitative estimate of drug-likeness (QED) is 0.780. The van der Waals surface area contributed by atoms with Gasteiger partial charge in [0.1, 0.15) is 11.8 Å². The van der Waals surface area contributed by atoms with Gasteiger partial charge in [0.25, 0.3) is 0 Å². The highest BCUT2D eigenvalue weighted by molar-refractivity contribution is 5.73. The van der Waals surface area contributed by atoms with Crippen LogP contribution in [-0.4, -0.2) is 23.7 Å². The van der Waals surface area contributed by atoms with Crippen LogP contribution in [0.2, 0.25) is 0 Å². The maximum Gasteiger partial charge on any atom is 0.320 e. The van der Waals surface area contributed by atoms with Crippen molar-refractivity contribution >= 4 is 5.97 Å². The molecule has 4 nitrogen and oxygen atoms in total. The molecule has 0 amide bonds. The Morgan fingerprint density at radius 2 is 1.94 bits per heavy atom. The van der Waals surface area contributed by atoms with Gasteiger partial charge in [-0.25, -0.2) is 0 Å². The predicted molar refractivity (Wildman–Crippen MR) is 70.7 cm³/mol. The van der Waals surface area contributed by atoms with Gasteiger partial charge in [-0.15, -0.1) is 0 Å². The Morgan fingerprint density at radius 1 is 1.33 bits per heavy atom. The van der Waals surface area contributed by atoms with Crippen LogP contribution in [0, 0.1) is 5.92 Å². The molecular weight excluding hydrogens is 230 g/mol. The van der Waals surface area contributed by atoms with E-state index in [9.17, 15) is 4.79 Å². The van der Waals surface area contributed by atoms with Crippen molar-refractivity contribution in [3.05, 3.63) is 29.8 Å². The highest BCUT2D eigenvalue weighted by atomic mass is 16.5. The summed E-state index contributed by atoms with van der Waals surface area (Å²) in [5.74, 6) is 0.0843. The zero-order valence-electron chi connectivity index (χ0n) is 11.1. The molecule has 2 N–H and O–H groups in total. The molecule has 18 heavy (non-hydrogen) atoms. The molecule has 0 aliphatic rings. The molecule has 0 saturated heterocycles. The van der Waals surface area contributed by atoms with Gasteiger partial charge in [-0.1, -0.05) is 26.0 Å². The summed E-state index contributed by atoms with van der Waals surface area (Å²) in [6, 6.07) is 7.16. The first kappa shape index (κ1) is 14.5. The average Bonchev–Trinajstić information content (AvgIpc) is 2.31. The highest BCUT2D eigenvalue weighted by Crippen LogP contribution is 2.12. The second-order valence-corrected chi connectivity index (χ2v) is 4.52. The van der Waals surface area contributed by atoms with Crippen LogP contribution >= 0.6 is 0 Å². The Hall–Kier alpha value is -1.55. The van der Waals surface area contributed by atoms with E-state index < -0.39 is 12.0 Å². The summed E-state index contributed by atoms with van der Waals surface area (Å²) < 4.78 is 5.35. The lowest BCUT2D eigenvalue weighted by Gasteiger charge is -2.18. The second kappa shape index (κ2) is 7.01. The maximum atomic E-state index is 11.0. The third kappa shape index (κ3) is 4.37.